The Hall–Kier alpha value is -2.57. The minimum Gasteiger partial charge on any atom is -0.484 e. The molecule has 0 bridgehead atoms. The first kappa shape index (κ1) is 17.5. The maximum Gasteiger partial charge on any atom is 0.405 e. The van der Waals surface area contributed by atoms with Crippen molar-refractivity contribution >= 4 is 17.8 Å². The zero-order chi connectivity index (χ0) is 16.5. The van der Waals surface area contributed by atoms with Crippen molar-refractivity contribution in [2.45, 2.75) is 13.8 Å². The normalized spacial score (nSPS) is 9.91. The highest BCUT2D eigenvalue weighted by Crippen LogP contribution is 2.12. The van der Waals surface area contributed by atoms with Crippen LogP contribution in [-0.2, 0) is 4.79 Å². The lowest BCUT2D eigenvalue weighted by Crippen LogP contribution is -2.34. The monoisotopic (exact) mass is 308 g/mol. The molecule has 0 radical (unpaired) electrons. The van der Waals surface area contributed by atoms with E-state index in [1.54, 1.807) is 17.0 Å². The Morgan fingerprint density at radius 3 is 2.23 bits per heavy atom. The fourth-order valence-corrected chi connectivity index (χ4v) is 1.81. The summed E-state index contributed by atoms with van der Waals surface area (Å²) in [4.78, 5) is 35.4. The van der Waals surface area contributed by atoms with E-state index in [1.807, 2.05) is 19.2 Å². The van der Waals surface area contributed by atoms with Crippen LogP contribution in [0.4, 0.5) is 4.79 Å². The zero-order valence-corrected chi connectivity index (χ0v) is 12.7. The number of nitrogens with one attached hydrogen (secondary N) is 1. The van der Waals surface area contributed by atoms with E-state index < -0.39 is 6.09 Å². The van der Waals surface area contributed by atoms with Gasteiger partial charge in [0.2, 0.25) is 0 Å². The van der Waals surface area contributed by atoms with Gasteiger partial charge in [0.05, 0.1) is 6.54 Å². The summed E-state index contributed by atoms with van der Waals surface area (Å²) in [7, 11) is 0. The second-order valence-electron chi connectivity index (χ2n) is 4.46. The average molecular weight is 308 g/mol. The third-order valence-corrected chi connectivity index (χ3v) is 3.05. The highest BCUT2D eigenvalue weighted by Gasteiger charge is 2.11. The molecule has 7 nitrogen and oxygen atoms in total. The minimum atomic E-state index is -1.25. The molecule has 0 heterocycles. The molecule has 22 heavy (non-hydrogen) atoms. The van der Waals surface area contributed by atoms with Gasteiger partial charge >= 0.3 is 6.09 Å². The number of Topliss-reactive ketones (excluding diaryl/α,β-unsaturated/α-hetero) is 1. The molecule has 0 fully saturated rings. The number of nitrogens with zero attached hydrogens (tertiary/aromatic N) is 1. The SMILES string of the molecule is CCN(CC)C(=O)COc1ccc(C(=O)CNC(=O)O)cc1. The van der Waals surface area contributed by atoms with Crippen molar-refractivity contribution in [1.82, 2.24) is 10.2 Å². The summed E-state index contributed by atoms with van der Waals surface area (Å²) in [5.41, 5.74) is 0.371. The molecule has 0 spiro atoms. The van der Waals surface area contributed by atoms with E-state index in [4.69, 9.17) is 9.84 Å². The van der Waals surface area contributed by atoms with Gasteiger partial charge in [-0.2, -0.15) is 0 Å². The maximum atomic E-state index is 11.8. The van der Waals surface area contributed by atoms with Gasteiger partial charge in [-0.1, -0.05) is 0 Å². The number of carboxylic acid groups (broad SMARTS) is 1. The first-order valence-electron chi connectivity index (χ1n) is 6.98. The van der Waals surface area contributed by atoms with Crippen molar-refractivity contribution in [2.75, 3.05) is 26.2 Å². The van der Waals surface area contributed by atoms with E-state index >= 15 is 0 Å². The fraction of sp³-hybridized carbons (Fsp3) is 0.400. The first-order valence-corrected chi connectivity index (χ1v) is 6.98. The van der Waals surface area contributed by atoms with Gasteiger partial charge in [0.1, 0.15) is 5.75 Å². The highest BCUT2D eigenvalue weighted by atomic mass is 16.5. The third-order valence-electron chi connectivity index (χ3n) is 3.05. The highest BCUT2D eigenvalue weighted by molar-refractivity contribution is 5.98. The van der Waals surface area contributed by atoms with Gasteiger partial charge in [-0.3, -0.25) is 9.59 Å². The number of carbonyl (C=O) groups excluding carboxylic acids is 2. The second kappa shape index (κ2) is 8.66. The molecule has 0 unspecified atom stereocenters. The van der Waals surface area contributed by atoms with Gasteiger partial charge in [-0.05, 0) is 38.1 Å². The summed E-state index contributed by atoms with van der Waals surface area (Å²) < 4.78 is 5.37. The van der Waals surface area contributed by atoms with Crippen LogP contribution in [-0.4, -0.2) is 54.0 Å². The Labute approximate surface area is 128 Å². The Balaban J connectivity index is 2.53. The lowest BCUT2D eigenvalue weighted by atomic mass is 10.1. The van der Waals surface area contributed by atoms with E-state index in [1.165, 1.54) is 12.1 Å². The lowest BCUT2D eigenvalue weighted by molar-refractivity contribution is -0.132. The molecule has 7 heteroatoms. The van der Waals surface area contributed by atoms with Crippen molar-refractivity contribution in [2.24, 2.45) is 0 Å². The van der Waals surface area contributed by atoms with Crippen LogP contribution in [0.2, 0.25) is 0 Å². The number of rotatable bonds is 8. The Kier molecular flexibility index (Phi) is 6.88. The van der Waals surface area contributed by atoms with Crippen LogP contribution >= 0.6 is 0 Å². The predicted molar refractivity (Wildman–Crippen MR) is 80.2 cm³/mol. The molecule has 1 rings (SSSR count). The van der Waals surface area contributed by atoms with Crippen LogP contribution < -0.4 is 10.1 Å². The molecule has 1 aromatic rings. The third kappa shape index (κ3) is 5.43. The Bertz CT molecular complexity index is 523. The molecule has 0 aromatic heterocycles. The van der Waals surface area contributed by atoms with Crippen LogP contribution in [0.3, 0.4) is 0 Å². The number of likely N-dealkylation sites (N-methyl/N-ethyl adjacent to an activating group) is 1. The summed E-state index contributed by atoms with van der Waals surface area (Å²) >= 11 is 0. The lowest BCUT2D eigenvalue weighted by Gasteiger charge is -2.18. The quantitative estimate of drug-likeness (QED) is 0.707. The predicted octanol–water partition coefficient (Wildman–Crippen LogP) is 1.38. The molecule has 0 atom stereocenters. The molecule has 120 valence electrons. The second-order valence-corrected chi connectivity index (χ2v) is 4.46. The van der Waals surface area contributed by atoms with Gasteiger partial charge in [-0.25, -0.2) is 4.79 Å². The van der Waals surface area contributed by atoms with Crippen molar-refractivity contribution in [3.8, 4) is 5.75 Å². The summed E-state index contributed by atoms with van der Waals surface area (Å²) in [5.74, 6) is 0.0345. The van der Waals surface area contributed by atoms with Gasteiger partial charge in [0.15, 0.2) is 12.4 Å². The summed E-state index contributed by atoms with van der Waals surface area (Å²) in [6.07, 6.45) is -1.25. The van der Waals surface area contributed by atoms with Crippen LogP contribution in [0.15, 0.2) is 24.3 Å². The average Bonchev–Trinajstić information content (AvgIpc) is 2.52. The number of carbonyl (C=O) groups is 3. The topological polar surface area (TPSA) is 95.9 Å². The fourth-order valence-electron chi connectivity index (χ4n) is 1.81. The van der Waals surface area contributed by atoms with Gasteiger partial charge in [-0.15, -0.1) is 0 Å². The molecule has 0 aliphatic heterocycles. The number of amides is 2. The standard InChI is InChI=1S/C15H20N2O5/c1-3-17(4-2)14(19)10-22-12-7-5-11(6-8-12)13(18)9-16-15(20)21/h5-8,16H,3-4,9-10H2,1-2H3,(H,20,21). The summed E-state index contributed by atoms with van der Waals surface area (Å²) in [6.45, 7) is 4.71. The molecular formula is C15H20N2O5. The first-order chi connectivity index (χ1) is 10.5. The smallest absolute Gasteiger partial charge is 0.405 e. The largest absolute Gasteiger partial charge is 0.484 e. The van der Waals surface area contributed by atoms with Gasteiger partial charge in [0.25, 0.3) is 5.91 Å². The Morgan fingerprint density at radius 2 is 1.73 bits per heavy atom. The Morgan fingerprint density at radius 1 is 1.14 bits per heavy atom. The zero-order valence-electron chi connectivity index (χ0n) is 12.7. The van der Waals surface area contributed by atoms with Crippen molar-refractivity contribution in [3.63, 3.8) is 0 Å². The van der Waals surface area contributed by atoms with E-state index in [0.717, 1.165) is 0 Å². The molecular weight excluding hydrogens is 288 g/mol. The number of ketones is 1. The van der Waals surface area contributed by atoms with Crippen molar-refractivity contribution < 1.29 is 24.2 Å². The van der Waals surface area contributed by atoms with Gasteiger partial charge < -0.3 is 20.1 Å². The van der Waals surface area contributed by atoms with Crippen LogP contribution in [0.25, 0.3) is 0 Å². The molecule has 1 aromatic carbocycles. The van der Waals surface area contributed by atoms with E-state index in [2.05, 4.69) is 0 Å². The van der Waals surface area contributed by atoms with E-state index in [0.29, 0.717) is 24.4 Å². The van der Waals surface area contributed by atoms with Crippen molar-refractivity contribution in [1.29, 1.82) is 0 Å². The molecule has 0 saturated heterocycles. The molecule has 2 amide bonds. The van der Waals surface area contributed by atoms with Crippen LogP contribution in [0, 0.1) is 0 Å². The van der Waals surface area contributed by atoms with Crippen molar-refractivity contribution in [3.05, 3.63) is 29.8 Å². The molecule has 0 aliphatic rings. The van der Waals surface area contributed by atoms with E-state index in [-0.39, 0.29) is 24.8 Å². The minimum absolute atomic E-state index is 0.0600. The number of hydrogen-bond acceptors (Lipinski definition) is 4. The molecule has 0 saturated carbocycles. The summed E-state index contributed by atoms with van der Waals surface area (Å²) in [5, 5.41) is 10.5. The van der Waals surface area contributed by atoms with Crippen LogP contribution in [0.5, 0.6) is 5.75 Å². The maximum absolute atomic E-state index is 11.8. The summed E-state index contributed by atoms with van der Waals surface area (Å²) in [6, 6.07) is 6.21. The van der Waals surface area contributed by atoms with Gasteiger partial charge in [0, 0.05) is 18.7 Å². The molecule has 0 aliphatic carbocycles. The van der Waals surface area contributed by atoms with Crippen LogP contribution in [0.1, 0.15) is 24.2 Å². The number of benzene rings is 1. The number of ether oxygens (including phenoxy) is 1. The molecule has 2 N–H and O–H groups in total. The number of hydrogen-bond donors (Lipinski definition) is 2. The van der Waals surface area contributed by atoms with E-state index in [9.17, 15) is 14.4 Å².